The lowest BCUT2D eigenvalue weighted by Gasteiger charge is -2.40. The Kier molecular flexibility index (Phi) is 24.7. The number of ether oxygens (including phenoxy) is 2. The summed E-state index contributed by atoms with van der Waals surface area (Å²) in [7, 11) is 0. The molecule has 0 amide bonds. The van der Waals surface area contributed by atoms with Gasteiger partial charge < -0.3 is 51.6 Å². The van der Waals surface area contributed by atoms with Gasteiger partial charge in [-0.15, -0.1) is 0 Å². The van der Waals surface area contributed by atoms with Crippen LogP contribution in [0.2, 0.25) is 0 Å². The summed E-state index contributed by atoms with van der Waals surface area (Å²) in [5.41, 5.74) is 11.7. The summed E-state index contributed by atoms with van der Waals surface area (Å²) in [6.07, 6.45) is 13.9. The Bertz CT molecular complexity index is 715. The summed E-state index contributed by atoms with van der Waals surface area (Å²) in [5, 5.41) is 59.0. The van der Waals surface area contributed by atoms with Crippen LogP contribution in [0.3, 0.4) is 0 Å². The summed E-state index contributed by atoms with van der Waals surface area (Å²) in [4.78, 5) is 12.1. The van der Waals surface area contributed by atoms with E-state index in [9.17, 15) is 35.4 Å². The second-order valence-corrected chi connectivity index (χ2v) is 13.3. The highest BCUT2D eigenvalue weighted by Crippen LogP contribution is 2.22. The van der Waals surface area contributed by atoms with Crippen molar-refractivity contribution in [1.82, 2.24) is 0 Å². The van der Waals surface area contributed by atoms with E-state index >= 15 is 0 Å². The molecule has 0 bridgehead atoms. The Labute approximate surface area is 272 Å². The Morgan fingerprint density at radius 1 is 0.667 bits per heavy atom. The molecule has 45 heavy (non-hydrogen) atoms. The van der Waals surface area contributed by atoms with Gasteiger partial charge in [0.25, 0.3) is 0 Å². The number of carbonyl (C=O) groups is 1. The third-order valence-corrected chi connectivity index (χ3v) is 9.06. The number of rotatable bonds is 29. The average Bonchev–Trinajstić information content (AvgIpc) is 3.02. The standard InChI is InChI=1S/C34H68N2O9/c1-25(35)28(39)21-17-14-10-12-16-20-26(38)19-15-11-8-6-4-2-3-5-7-9-13-18-22-29(40)27(36)24-44-34-33(43)32(42)31(41)30(23-37)45-34/h25,27-34,37,39-43H,2-24,35-36H2,1H3/t25-,27+,28-,29+,30+,31+,32-,33+,34+/m0/s1. The molecule has 268 valence electrons. The number of hydrogen-bond acceptors (Lipinski definition) is 11. The van der Waals surface area contributed by atoms with E-state index in [4.69, 9.17) is 20.9 Å². The number of hydrogen-bond donors (Lipinski definition) is 8. The molecule has 0 aromatic carbocycles. The predicted octanol–water partition coefficient (Wildman–Crippen LogP) is 2.96. The SMILES string of the molecule is C[C@H](N)[C@@H](O)CCCCCCCC(=O)CCCCCCCCCCCCCC[C@@H](O)[C@H](N)CO[C@@H]1O[C@H](CO)[C@@H](O)[C@H](O)[C@H]1O. The van der Waals surface area contributed by atoms with Crippen LogP contribution < -0.4 is 11.5 Å². The summed E-state index contributed by atoms with van der Waals surface area (Å²) in [6.45, 7) is 1.21. The molecule has 11 nitrogen and oxygen atoms in total. The number of ketones is 1. The molecule has 1 saturated heterocycles. The van der Waals surface area contributed by atoms with E-state index in [1.807, 2.05) is 6.92 Å². The highest BCUT2D eigenvalue weighted by molar-refractivity contribution is 5.78. The summed E-state index contributed by atoms with van der Waals surface area (Å²) in [5.74, 6) is 0.403. The molecule has 0 aromatic rings. The van der Waals surface area contributed by atoms with Crippen molar-refractivity contribution in [3.63, 3.8) is 0 Å². The predicted molar refractivity (Wildman–Crippen MR) is 175 cm³/mol. The Hall–Kier alpha value is -0.730. The molecule has 0 unspecified atom stereocenters. The van der Waals surface area contributed by atoms with Crippen LogP contribution in [0.15, 0.2) is 0 Å². The van der Waals surface area contributed by atoms with E-state index in [1.165, 1.54) is 44.9 Å². The normalized spacial score (nSPS) is 24.8. The summed E-state index contributed by atoms with van der Waals surface area (Å²) in [6, 6.07) is -0.844. The van der Waals surface area contributed by atoms with Crippen molar-refractivity contribution in [3.05, 3.63) is 0 Å². The van der Waals surface area contributed by atoms with Crippen LogP contribution in [0.4, 0.5) is 0 Å². The summed E-state index contributed by atoms with van der Waals surface area (Å²) < 4.78 is 10.7. The average molecular weight is 649 g/mol. The molecule has 11 heteroatoms. The first-order chi connectivity index (χ1) is 21.6. The zero-order valence-electron chi connectivity index (χ0n) is 28.0. The topological polar surface area (TPSA) is 209 Å². The van der Waals surface area contributed by atoms with Crippen molar-refractivity contribution in [2.75, 3.05) is 13.2 Å². The van der Waals surface area contributed by atoms with Crippen LogP contribution >= 0.6 is 0 Å². The molecule has 0 aromatic heterocycles. The van der Waals surface area contributed by atoms with Crippen molar-refractivity contribution in [2.45, 2.75) is 197 Å². The lowest BCUT2D eigenvalue weighted by Crippen LogP contribution is -2.59. The minimum absolute atomic E-state index is 0.0909. The van der Waals surface area contributed by atoms with Gasteiger partial charge in [-0.1, -0.05) is 96.3 Å². The zero-order chi connectivity index (χ0) is 33.5. The van der Waals surface area contributed by atoms with E-state index in [0.717, 1.165) is 77.0 Å². The molecule has 1 aliphatic rings. The van der Waals surface area contributed by atoms with Gasteiger partial charge in [0.1, 0.15) is 30.2 Å². The number of aliphatic hydroxyl groups excluding tert-OH is 6. The maximum atomic E-state index is 12.1. The third-order valence-electron chi connectivity index (χ3n) is 9.06. The smallest absolute Gasteiger partial charge is 0.186 e. The van der Waals surface area contributed by atoms with Crippen LogP contribution in [0, 0.1) is 0 Å². The van der Waals surface area contributed by atoms with Crippen molar-refractivity contribution < 1.29 is 44.9 Å². The van der Waals surface area contributed by atoms with Gasteiger partial charge in [0.2, 0.25) is 0 Å². The number of carbonyl (C=O) groups excluding carboxylic acids is 1. The highest BCUT2D eigenvalue weighted by atomic mass is 16.7. The minimum Gasteiger partial charge on any atom is -0.394 e. The quantitative estimate of drug-likeness (QED) is 0.0553. The third kappa shape index (κ3) is 19.6. The fraction of sp³-hybridized carbons (Fsp3) is 0.971. The van der Waals surface area contributed by atoms with Crippen molar-refractivity contribution in [1.29, 1.82) is 0 Å². The van der Waals surface area contributed by atoms with Crippen LogP contribution in [0.5, 0.6) is 0 Å². The number of aliphatic hydroxyl groups is 6. The Morgan fingerprint density at radius 2 is 1.09 bits per heavy atom. The number of unbranched alkanes of at least 4 members (excludes halogenated alkanes) is 15. The van der Waals surface area contributed by atoms with Gasteiger partial charge in [-0.3, -0.25) is 4.79 Å². The largest absolute Gasteiger partial charge is 0.394 e. The van der Waals surface area contributed by atoms with E-state index in [-0.39, 0.29) is 12.6 Å². The number of nitrogens with two attached hydrogens (primary N) is 2. The molecule has 0 radical (unpaired) electrons. The molecule has 1 rings (SSSR count). The van der Waals surface area contributed by atoms with Gasteiger partial charge >= 0.3 is 0 Å². The van der Waals surface area contributed by atoms with E-state index in [1.54, 1.807) is 0 Å². The van der Waals surface area contributed by atoms with Crippen LogP contribution in [0.25, 0.3) is 0 Å². The number of Topliss-reactive ketones (excluding diaryl/α,β-unsaturated/α-hetero) is 1. The van der Waals surface area contributed by atoms with Crippen LogP contribution in [0.1, 0.15) is 142 Å². The Morgan fingerprint density at radius 3 is 1.53 bits per heavy atom. The second kappa shape index (κ2) is 26.3. The van der Waals surface area contributed by atoms with Crippen molar-refractivity contribution in [3.8, 4) is 0 Å². The lowest BCUT2D eigenvalue weighted by molar-refractivity contribution is -0.302. The summed E-state index contributed by atoms with van der Waals surface area (Å²) >= 11 is 0. The van der Waals surface area contributed by atoms with Crippen LogP contribution in [-0.4, -0.2) is 105 Å². The van der Waals surface area contributed by atoms with Gasteiger partial charge in [-0.2, -0.15) is 0 Å². The Balaban J connectivity index is 1.88. The van der Waals surface area contributed by atoms with Gasteiger partial charge in [-0.25, -0.2) is 0 Å². The van der Waals surface area contributed by atoms with Gasteiger partial charge in [0.05, 0.1) is 31.5 Å². The second-order valence-electron chi connectivity index (χ2n) is 13.3. The molecule has 1 fully saturated rings. The first kappa shape index (κ1) is 42.3. The highest BCUT2D eigenvalue weighted by Gasteiger charge is 2.44. The molecule has 9 atom stereocenters. The molecular weight excluding hydrogens is 580 g/mol. The molecule has 1 aliphatic heterocycles. The maximum Gasteiger partial charge on any atom is 0.186 e. The van der Waals surface area contributed by atoms with Crippen molar-refractivity contribution in [2.24, 2.45) is 11.5 Å². The van der Waals surface area contributed by atoms with E-state index in [2.05, 4.69) is 0 Å². The molecule has 0 spiro atoms. The van der Waals surface area contributed by atoms with Gasteiger partial charge in [0, 0.05) is 18.9 Å². The maximum absolute atomic E-state index is 12.1. The molecule has 0 aliphatic carbocycles. The lowest BCUT2D eigenvalue weighted by atomic mass is 9.99. The van der Waals surface area contributed by atoms with E-state index < -0.39 is 55.6 Å². The first-order valence-corrected chi connectivity index (χ1v) is 17.9. The van der Waals surface area contributed by atoms with Gasteiger partial charge in [0.15, 0.2) is 6.29 Å². The molecule has 1 heterocycles. The molecular formula is C34H68N2O9. The van der Waals surface area contributed by atoms with Crippen molar-refractivity contribution >= 4 is 5.78 Å². The first-order valence-electron chi connectivity index (χ1n) is 17.9. The van der Waals surface area contributed by atoms with Crippen LogP contribution in [-0.2, 0) is 14.3 Å². The fourth-order valence-corrected chi connectivity index (χ4v) is 5.77. The van der Waals surface area contributed by atoms with E-state index in [0.29, 0.717) is 18.6 Å². The fourth-order valence-electron chi connectivity index (χ4n) is 5.77. The monoisotopic (exact) mass is 648 g/mol. The van der Waals surface area contributed by atoms with Gasteiger partial charge in [-0.05, 0) is 32.6 Å². The molecule has 10 N–H and O–H groups in total. The minimum atomic E-state index is -1.51. The zero-order valence-corrected chi connectivity index (χ0v) is 28.0. The molecule has 0 saturated carbocycles.